The average Bonchev–Trinajstić information content (AvgIpc) is 2.99. The lowest BCUT2D eigenvalue weighted by molar-refractivity contribution is -0.132. The minimum absolute atomic E-state index is 0.0235. The Morgan fingerprint density at radius 2 is 1.97 bits per heavy atom. The minimum atomic E-state index is -0.0707. The van der Waals surface area contributed by atoms with Gasteiger partial charge in [0.2, 0.25) is 11.8 Å². The lowest BCUT2D eigenvalue weighted by Gasteiger charge is -2.24. The van der Waals surface area contributed by atoms with E-state index in [1.54, 1.807) is 19.1 Å². The molecule has 1 aromatic rings. The first-order chi connectivity index (χ1) is 13.5. The molecule has 1 saturated heterocycles. The highest BCUT2D eigenvalue weighted by molar-refractivity contribution is 5.79. The van der Waals surface area contributed by atoms with Crippen LogP contribution in [0.1, 0.15) is 51.0 Å². The number of ether oxygens (including phenoxy) is 1. The van der Waals surface area contributed by atoms with Crippen molar-refractivity contribution in [1.82, 2.24) is 19.8 Å². The molecular weight excluding hydrogens is 370 g/mol. The molecule has 0 unspecified atom stereocenters. The van der Waals surface area contributed by atoms with E-state index >= 15 is 0 Å². The number of hydrogen-bond donors (Lipinski definition) is 0. The van der Waals surface area contributed by atoms with Crippen molar-refractivity contribution in [3.8, 4) is 0 Å². The Kier molecular flexibility index (Phi) is 7.57. The number of anilines is 1. The molecule has 1 fully saturated rings. The molecule has 0 bridgehead atoms. The molecule has 8 heteroatoms. The van der Waals surface area contributed by atoms with E-state index in [-0.39, 0.29) is 23.1 Å². The SMILES string of the molecule is COCCN1C[C@H](c2cc(N(C)C)nc(CN(C)C(=O)CC(C)(C)C)n2)CC1=O. The van der Waals surface area contributed by atoms with Gasteiger partial charge in [-0.2, -0.15) is 0 Å². The minimum Gasteiger partial charge on any atom is -0.383 e. The van der Waals surface area contributed by atoms with E-state index in [4.69, 9.17) is 9.72 Å². The molecule has 162 valence electrons. The molecule has 1 aliphatic heterocycles. The Morgan fingerprint density at radius 3 is 2.55 bits per heavy atom. The van der Waals surface area contributed by atoms with Crippen LogP contribution in [0.25, 0.3) is 0 Å². The molecule has 0 radical (unpaired) electrons. The summed E-state index contributed by atoms with van der Waals surface area (Å²) in [4.78, 5) is 39.6. The predicted octanol–water partition coefficient (Wildman–Crippen LogP) is 1.90. The smallest absolute Gasteiger partial charge is 0.223 e. The molecule has 0 aromatic carbocycles. The Morgan fingerprint density at radius 1 is 1.28 bits per heavy atom. The lowest BCUT2D eigenvalue weighted by Crippen LogP contribution is -2.31. The summed E-state index contributed by atoms with van der Waals surface area (Å²) in [6, 6.07) is 1.94. The third-order valence-electron chi connectivity index (χ3n) is 4.92. The van der Waals surface area contributed by atoms with Gasteiger partial charge in [-0.15, -0.1) is 0 Å². The van der Waals surface area contributed by atoms with E-state index in [1.165, 1.54) is 0 Å². The second-order valence-corrected chi connectivity index (χ2v) is 9.18. The van der Waals surface area contributed by atoms with Crippen LogP contribution in [-0.2, 0) is 20.9 Å². The molecule has 0 spiro atoms. The van der Waals surface area contributed by atoms with Gasteiger partial charge in [-0.1, -0.05) is 20.8 Å². The van der Waals surface area contributed by atoms with Crippen LogP contribution >= 0.6 is 0 Å². The summed E-state index contributed by atoms with van der Waals surface area (Å²) in [7, 11) is 7.27. The van der Waals surface area contributed by atoms with Crippen LogP contribution in [0, 0.1) is 5.41 Å². The molecule has 0 saturated carbocycles. The zero-order chi connectivity index (χ0) is 21.8. The molecule has 2 amide bonds. The van der Waals surface area contributed by atoms with E-state index in [1.807, 2.05) is 50.7 Å². The standard InChI is InChI=1S/C21H35N5O3/c1-21(2,3)12-20(28)25(6)14-17-22-16(11-18(23-17)24(4)5)15-10-19(27)26(13-15)8-9-29-7/h11,15H,8-10,12-14H2,1-7H3/t15-/m1/s1. The van der Waals surface area contributed by atoms with Gasteiger partial charge in [0.15, 0.2) is 0 Å². The predicted molar refractivity (Wildman–Crippen MR) is 113 cm³/mol. The van der Waals surface area contributed by atoms with Crippen molar-refractivity contribution in [2.45, 2.75) is 46.1 Å². The average molecular weight is 406 g/mol. The van der Waals surface area contributed by atoms with Crippen LogP contribution in [0.3, 0.4) is 0 Å². The summed E-state index contributed by atoms with van der Waals surface area (Å²) in [5.74, 6) is 1.59. The van der Waals surface area contributed by atoms with Gasteiger partial charge in [0.25, 0.3) is 0 Å². The van der Waals surface area contributed by atoms with Gasteiger partial charge in [-0.3, -0.25) is 9.59 Å². The molecule has 2 heterocycles. The molecule has 0 N–H and O–H groups in total. The summed E-state index contributed by atoms with van der Waals surface area (Å²) < 4.78 is 5.10. The van der Waals surface area contributed by atoms with E-state index in [9.17, 15) is 9.59 Å². The van der Waals surface area contributed by atoms with Crippen LogP contribution in [0.4, 0.5) is 5.82 Å². The fraction of sp³-hybridized carbons (Fsp3) is 0.714. The maximum Gasteiger partial charge on any atom is 0.223 e. The van der Waals surface area contributed by atoms with E-state index < -0.39 is 0 Å². The summed E-state index contributed by atoms with van der Waals surface area (Å²) in [5.41, 5.74) is 0.780. The number of methoxy groups -OCH3 is 1. The van der Waals surface area contributed by atoms with Gasteiger partial charge in [-0.05, 0) is 5.41 Å². The molecule has 8 nitrogen and oxygen atoms in total. The topological polar surface area (TPSA) is 78.9 Å². The van der Waals surface area contributed by atoms with Crippen molar-refractivity contribution in [3.05, 3.63) is 17.6 Å². The van der Waals surface area contributed by atoms with Crippen molar-refractivity contribution < 1.29 is 14.3 Å². The first kappa shape index (κ1) is 23.1. The largest absolute Gasteiger partial charge is 0.383 e. The lowest BCUT2D eigenvalue weighted by atomic mass is 9.92. The van der Waals surface area contributed by atoms with Crippen LogP contribution < -0.4 is 4.90 Å². The van der Waals surface area contributed by atoms with Crippen LogP contribution in [0.2, 0.25) is 0 Å². The normalized spacial score (nSPS) is 17.0. The zero-order valence-electron chi connectivity index (χ0n) is 18.9. The summed E-state index contributed by atoms with van der Waals surface area (Å²) in [6.45, 7) is 8.23. The fourth-order valence-electron chi connectivity index (χ4n) is 3.29. The van der Waals surface area contributed by atoms with Crippen LogP contribution in [0.15, 0.2) is 6.07 Å². The maximum absolute atomic E-state index is 12.5. The monoisotopic (exact) mass is 405 g/mol. The van der Waals surface area contributed by atoms with E-state index in [0.29, 0.717) is 44.9 Å². The molecule has 0 aliphatic carbocycles. The van der Waals surface area contributed by atoms with Gasteiger partial charge < -0.3 is 19.4 Å². The van der Waals surface area contributed by atoms with Crippen molar-refractivity contribution in [2.24, 2.45) is 5.41 Å². The van der Waals surface area contributed by atoms with E-state index in [2.05, 4.69) is 4.98 Å². The van der Waals surface area contributed by atoms with Crippen molar-refractivity contribution >= 4 is 17.6 Å². The Balaban J connectivity index is 2.19. The fourth-order valence-corrected chi connectivity index (χ4v) is 3.29. The van der Waals surface area contributed by atoms with Gasteiger partial charge in [0.05, 0.1) is 18.8 Å². The van der Waals surface area contributed by atoms with Crippen LogP contribution in [-0.4, -0.2) is 79.5 Å². The highest BCUT2D eigenvalue weighted by Gasteiger charge is 2.32. The van der Waals surface area contributed by atoms with Crippen molar-refractivity contribution in [3.63, 3.8) is 0 Å². The van der Waals surface area contributed by atoms with Gasteiger partial charge in [-0.25, -0.2) is 9.97 Å². The zero-order valence-corrected chi connectivity index (χ0v) is 18.9. The first-order valence-corrected chi connectivity index (χ1v) is 10.1. The number of hydrogen-bond acceptors (Lipinski definition) is 6. The number of carbonyl (C=O) groups excluding carboxylic acids is 2. The number of likely N-dealkylation sites (tertiary alicyclic amines) is 1. The number of aromatic nitrogens is 2. The van der Waals surface area contributed by atoms with E-state index in [0.717, 1.165) is 11.5 Å². The number of amides is 2. The van der Waals surface area contributed by atoms with Crippen LogP contribution in [0.5, 0.6) is 0 Å². The highest BCUT2D eigenvalue weighted by atomic mass is 16.5. The van der Waals surface area contributed by atoms with Crippen molar-refractivity contribution in [2.75, 3.05) is 52.8 Å². The Hall–Kier alpha value is -2.22. The third kappa shape index (κ3) is 6.66. The molecule has 1 aliphatic rings. The summed E-state index contributed by atoms with van der Waals surface area (Å²) in [5, 5.41) is 0. The molecule has 29 heavy (non-hydrogen) atoms. The van der Waals surface area contributed by atoms with Crippen molar-refractivity contribution in [1.29, 1.82) is 0 Å². The summed E-state index contributed by atoms with van der Waals surface area (Å²) >= 11 is 0. The van der Waals surface area contributed by atoms with Gasteiger partial charge >= 0.3 is 0 Å². The van der Waals surface area contributed by atoms with Gasteiger partial charge in [0.1, 0.15) is 11.6 Å². The second kappa shape index (κ2) is 9.52. The number of rotatable bonds is 8. The summed E-state index contributed by atoms with van der Waals surface area (Å²) in [6.07, 6.45) is 0.904. The number of carbonyl (C=O) groups is 2. The Labute approximate surface area is 174 Å². The molecule has 1 aromatic heterocycles. The first-order valence-electron chi connectivity index (χ1n) is 10.1. The number of nitrogens with zero attached hydrogens (tertiary/aromatic N) is 5. The highest BCUT2D eigenvalue weighted by Crippen LogP contribution is 2.29. The molecule has 2 rings (SSSR count). The molecule has 1 atom stereocenters. The second-order valence-electron chi connectivity index (χ2n) is 9.18. The van der Waals surface area contributed by atoms with Gasteiger partial charge in [0, 0.05) is 66.2 Å². The molecular formula is C21H35N5O3. The quantitative estimate of drug-likeness (QED) is 0.657. The third-order valence-corrected chi connectivity index (χ3v) is 4.92. The Bertz CT molecular complexity index is 730. The maximum atomic E-state index is 12.5.